The number of halogens is 2. The summed E-state index contributed by atoms with van der Waals surface area (Å²) in [7, 11) is 0. The van der Waals surface area contributed by atoms with Crippen LogP contribution in [0.25, 0.3) is 0 Å². The summed E-state index contributed by atoms with van der Waals surface area (Å²) in [6.45, 7) is 4.94. The summed E-state index contributed by atoms with van der Waals surface area (Å²) in [6, 6.07) is 0.809. The first kappa shape index (κ1) is 14.3. The largest absolute Gasteiger partial charge is 0.388 e. The highest BCUT2D eigenvalue weighted by Crippen LogP contribution is 2.18. The molecule has 0 aliphatic heterocycles. The fourth-order valence-electron chi connectivity index (χ4n) is 1.62. The Morgan fingerprint density at radius 2 is 2.17 bits per heavy atom. The van der Waals surface area contributed by atoms with Gasteiger partial charge in [0.05, 0.1) is 12.0 Å². The molecule has 4 nitrogen and oxygen atoms in total. The summed E-state index contributed by atoms with van der Waals surface area (Å²) in [4.78, 5) is 5.46. The van der Waals surface area contributed by atoms with E-state index < -0.39 is 11.6 Å². The summed E-state index contributed by atoms with van der Waals surface area (Å²) >= 11 is 0. The molecule has 0 aromatic carbocycles. The van der Waals surface area contributed by atoms with Gasteiger partial charge in [0, 0.05) is 25.6 Å². The van der Waals surface area contributed by atoms with E-state index in [4.69, 9.17) is 11.1 Å². The van der Waals surface area contributed by atoms with Crippen LogP contribution in [0.5, 0.6) is 0 Å². The van der Waals surface area contributed by atoms with Crippen LogP contribution in [0.1, 0.15) is 20.3 Å². The Bertz CT molecular complexity index is 421. The van der Waals surface area contributed by atoms with Crippen molar-refractivity contribution in [3.8, 4) is 0 Å². The van der Waals surface area contributed by atoms with E-state index in [0.29, 0.717) is 25.4 Å². The highest BCUT2D eigenvalue weighted by atomic mass is 19.1. The lowest BCUT2D eigenvalue weighted by atomic mass is 10.2. The molecule has 0 spiro atoms. The Kier molecular flexibility index (Phi) is 5.00. The lowest BCUT2D eigenvalue weighted by Gasteiger charge is -2.25. The van der Waals surface area contributed by atoms with Gasteiger partial charge in [-0.15, -0.1) is 0 Å². The van der Waals surface area contributed by atoms with Gasteiger partial charge in [-0.05, 0) is 5.92 Å². The van der Waals surface area contributed by atoms with Crippen molar-refractivity contribution in [2.45, 2.75) is 20.3 Å². The third-order valence-electron chi connectivity index (χ3n) is 2.32. The molecule has 0 bridgehead atoms. The average molecular weight is 256 g/mol. The van der Waals surface area contributed by atoms with Gasteiger partial charge in [0.1, 0.15) is 5.82 Å². The molecule has 6 heteroatoms. The van der Waals surface area contributed by atoms with Crippen molar-refractivity contribution in [1.29, 1.82) is 5.41 Å². The maximum absolute atomic E-state index is 13.6. The summed E-state index contributed by atoms with van der Waals surface area (Å²) < 4.78 is 26.5. The fraction of sp³-hybridized carbons (Fsp3) is 0.500. The Morgan fingerprint density at radius 1 is 1.50 bits per heavy atom. The predicted molar refractivity (Wildman–Crippen MR) is 67.7 cm³/mol. The van der Waals surface area contributed by atoms with Crippen molar-refractivity contribution in [2.24, 2.45) is 11.7 Å². The van der Waals surface area contributed by atoms with Crippen molar-refractivity contribution in [2.75, 3.05) is 18.0 Å². The monoisotopic (exact) mass is 256 g/mol. The van der Waals surface area contributed by atoms with Gasteiger partial charge in [0.15, 0.2) is 11.6 Å². The molecule has 0 amide bonds. The van der Waals surface area contributed by atoms with Crippen molar-refractivity contribution >= 4 is 11.7 Å². The molecular weight excluding hydrogens is 238 g/mol. The number of anilines is 1. The summed E-state index contributed by atoms with van der Waals surface area (Å²) in [6.07, 6.45) is 1.31. The first-order chi connectivity index (χ1) is 8.40. The molecule has 0 saturated heterocycles. The molecule has 0 saturated carbocycles. The van der Waals surface area contributed by atoms with Crippen LogP contribution in [-0.2, 0) is 0 Å². The smallest absolute Gasteiger partial charge is 0.168 e. The second kappa shape index (κ2) is 6.28. The molecule has 1 aromatic rings. The normalized spacial score (nSPS) is 10.7. The van der Waals surface area contributed by atoms with Gasteiger partial charge in [0.25, 0.3) is 0 Å². The molecule has 0 fully saturated rings. The topological polar surface area (TPSA) is 66.0 Å². The molecule has 18 heavy (non-hydrogen) atoms. The molecule has 1 heterocycles. The zero-order chi connectivity index (χ0) is 13.7. The van der Waals surface area contributed by atoms with E-state index >= 15 is 0 Å². The Balaban J connectivity index is 2.89. The lowest BCUT2D eigenvalue weighted by Crippen LogP contribution is -2.32. The molecule has 1 aromatic heterocycles. The summed E-state index contributed by atoms with van der Waals surface area (Å²) in [5.74, 6) is -0.965. The first-order valence-electron chi connectivity index (χ1n) is 5.79. The minimum absolute atomic E-state index is 0.0336. The molecule has 0 aliphatic carbocycles. The van der Waals surface area contributed by atoms with Crippen LogP contribution in [0.3, 0.4) is 0 Å². The molecule has 1 rings (SSSR count). The van der Waals surface area contributed by atoms with Crippen molar-refractivity contribution in [3.63, 3.8) is 0 Å². The first-order valence-corrected chi connectivity index (χ1v) is 5.79. The minimum Gasteiger partial charge on any atom is -0.388 e. The molecule has 0 radical (unpaired) electrons. The van der Waals surface area contributed by atoms with Crippen molar-refractivity contribution in [3.05, 3.63) is 23.9 Å². The third kappa shape index (κ3) is 4.27. The molecular formula is C12H18F2N4. The van der Waals surface area contributed by atoms with E-state index in [0.717, 1.165) is 12.3 Å². The maximum atomic E-state index is 13.6. The van der Waals surface area contributed by atoms with E-state index in [-0.39, 0.29) is 11.7 Å². The number of nitrogens with one attached hydrogen (secondary N) is 1. The van der Waals surface area contributed by atoms with Crippen LogP contribution in [0.2, 0.25) is 0 Å². The third-order valence-corrected chi connectivity index (χ3v) is 2.32. The van der Waals surface area contributed by atoms with E-state index in [1.165, 1.54) is 0 Å². The predicted octanol–water partition coefficient (Wildman–Crippen LogP) is 2.15. The SMILES string of the molecule is CC(C)CN(CCC(=N)N)c1ncc(F)cc1F. The summed E-state index contributed by atoms with van der Waals surface area (Å²) in [5.41, 5.74) is 5.29. The van der Waals surface area contributed by atoms with Crippen LogP contribution >= 0.6 is 0 Å². The van der Waals surface area contributed by atoms with E-state index in [1.54, 1.807) is 4.90 Å². The zero-order valence-electron chi connectivity index (χ0n) is 10.6. The van der Waals surface area contributed by atoms with E-state index in [1.807, 2.05) is 13.8 Å². The van der Waals surface area contributed by atoms with Gasteiger partial charge in [-0.25, -0.2) is 13.8 Å². The number of nitrogens with zero attached hydrogens (tertiary/aromatic N) is 2. The molecule has 100 valence electrons. The van der Waals surface area contributed by atoms with Gasteiger partial charge in [-0.3, -0.25) is 5.41 Å². The number of rotatable bonds is 6. The van der Waals surface area contributed by atoms with Crippen LogP contribution < -0.4 is 10.6 Å². The molecule has 0 unspecified atom stereocenters. The lowest BCUT2D eigenvalue weighted by molar-refractivity contribution is 0.552. The Labute approximate surface area is 105 Å². The van der Waals surface area contributed by atoms with Crippen molar-refractivity contribution in [1.82, 2.24) is 4.98 Å². The summed E-state index contributed by atoms with van der Waals surface area (Å²) in [5, 5.41) is 7.20. The van der Waals surface area contributed by atoms with Gasteiger partial charge in [-0.2, -0.15) is 0 Å². The molecule has 0 aliphatic rings. The van der Waals surface area contributed by atoms with Gasteiger partial charge in [-0.1, -0.05) is 13.8 Å². The standard InChI is InChI=1S/C12H18F2N4/c1-8(2)7-18(4-3-11(15)16)12-10(14)5-9(13)6-17-12/h5-6,8H,3-4,7H2,1-2H3,(H3,15,16). The fourth-order valence-corrected chi connectivity index (χ4v) is 1.62. The highest BCUT2D eigenvalue weighted by molar-refractivity contribution is 5.77. The van der Waals surface area contributed by atoms with Gasteiger partial charge < -0.3 is 10.6 Å². The minimum atomic E-state index is -0.702. The van der Waals surface area contributed by atoms with Crippen LogP contribution in [0, 0.1) is 23.0 Å². The van der Waals surface area contributed by atoms with E-state index in [2.05, 4.69) is 4.98 Å². The molecule has 3 N–H and O–H groups in total. The number of nitrogens with two attached hydrogens (primary N) is 1. The van der Waals surface area contributed by atoms with Gasteiger partial charge in [0.2, 0.25) is 0 Å². The van der Waals surface area contributed by atoms with Crippen LogP contribution in [-0.4, -0.2) is 23.9 Å². The number of hydrogen-bond acceptors (Lipinski definition) is 3. The van der Waals surface area contributed by atoms with Crippen LogP contribution in [0.15, 0.2) is 12.3 Å². The number of hydrogen-bond donors (Lipinski definition) is 2. The number of pyridine rings is 1. The van der Waals surface area contributed by atoms with Crippen LogP contribution in [0.4, 0.5) is 14.6 Å². The second-order valence-corrected chi connectivity index (χ2v) is 4.57. The van der Waals surface area contributed by atoms with Gasteiger partial charge >= 0.3 is 0 Å². The highest BCUT2D eigenvalue weighted by Gasteiger charge is 2.15. The van der Waals surface area contributed by atoms with Crippen molar-refractivity contribution < 1.29 is 8.78 Å². The Hall–Kier alpha value is -1.72. The number of aromatic nitrogens is 1. The van der Waals surface area contributed by atoms with E-state index in [9.17, 15) is 8.78 Å². The number of amidine groups is 1. The quantitative estimate of drug-likeness (QED) is 0.605. The average Bonchev–Trinajstić information content (AvgIpc) is 2.24. The maximum Gasteiger partial charge on any atom is 0.168 e. The molecule has 0 atom stereocenters. The Morgan fingerprint density at radius 3 is 2.67 bits per heavy atom. The zero-order valence-corrected chi connectivity index (χ0v) is 10.6. The second-order valence-electron chi connectivity index (χ2n) is 4.57.